The third-order valence-electron chi connectivity index (χ3n) is 2.27. The largest absolute Gasteiger partial charge is 0.295 e. The van der Waals surface area contributed by atoms with E-state index in [1.165, 1.54) is 22.9 Å². The van der Waals surface area contributed by atoms with E-state index in [-0.39, 0.29) is 5.69 Å². The summed E-state index contributed by atoms with van der Waals surface area (Å²) < 4.78 is 1.36. The molecule has 0 fully saturated rings. The SMILES string of the molecule is O=[N+]([O-])c1ccc(Cl)cc1-n1cc(CCBr)nn1. The van der Waals surface area contributed by atoms with Gasteiger partial charge in [0.15, 0.2) is 0 Å². The zero-order valence-electron chi connectivity index (χ0n) is 9.08. The summed E-state index contributed by atoms with van der Waals surface area (Å²) in [6.45, 7) is 0. The van der Waals surface area contributed by atoms with Gasteiger partial charge in [0, 0.05) is 22.8 Å². The third kappa shape index (κ3) is 2.68. The summed E-state index contributed by atoms with van der Waals surface area (Å²) in [6.07, 6.45) is 2.36. The van der Waals surface area contributed by atoms with E-state index < -0.39 is 4.92 Å². The number of hydrogen-bond acceptors (Lipinski definition) is 4. The van der Waals surface area contributed by atoms with Gasteiger partial charge in [-0.05, 0) is 12.1 Å². The standard InChI is InChI=1S/C10H8BrClN4O2/c11-4-3-8-6-15(14-13-8)10-5-7(12)1-2-9(10)16(17)18/h1-2,5-6H,3-4H2. The summed E-state index contributed by atoms with van der Waals surface area (Å²) in [7, 11) is 0. The minimum atomic E-state index is -0.475. The van der Waals surface area contributed by atoms with Crippen LogP contribution < -0.4 is 0 Å². The number of nitro groups is 1. The quantitative estimate of drug-likeness (QED) is 0.490. The van der Waals surface area contributed by atoms with Crippen molar-refractivity contribution in [1.82, 2.24) is 15.0 Å². The van der Waals surface area contributed by atoms with Crippen LogP contribution in [0.5, 0.6) is 0 Å². The molecule has 1 aromatic carbocycles. The lowest BCUT2D eigenvalue weighted by Gasteiger charge is -2.02. The highest BCUT2D eigenvalue weighted by Gasteiger charge is 2.17. The van der Waals surface area contributed by atoms with E-state index in [1.807, 2.05) is 0 Å². The Morgan fingerprint density at radius 2 is 2.28 bits per heavy atom. The molecule has 0 N–H and O–H groups in total. The molecule has 2 aromatic rings. The number of rotatable bonds is 4. The minimum absolute atomic E-state index is 0.0605. The molecule has 8 heteroatoms. The van der Waals surface area contributed by atoms with Crippen LogP contribution in [-0.4, -0.2) is 25.2 Å². The summed E-state index contributed by atoms with van der Waals surface area (Å²) in [6, 6.07) is 4.31. The second kappa shape index (κ2) is 5.45. The van der Waals surface area contributed by atoms with Crippen molar-refractivity contribution in [3.8, 4) is 5.69 Å². The van der Waals surface area contributed by atoms with E-state index in [0.717, 1.165) is 11.0 Å². The highest BCUT2D eigenvalue weighted by Crippen LogP contribution is 2.25. The molecular formula is C10H8BrClN4O2. The normalized spacial score (nSPS) is 10.6. The number of aromatic nitrogens is 3. The van der Waals surface area contributed by atoms with Crippen molar-refractivity contribution in [2.45, 2.75) is 6.42 Å². The van der Waals surface area contributed by atoms with Crippen molar-refractivity contribution in [1.29, 1.82) is 0 Å². The van der Waals surface area contributed by atoms with Gasteiger partial charge in [-0.15, -0.1) is 5.10 Å². The molecule has 1 aromatic heterocycles. The molecule has 0 unspecified atom stereocenters. The van der Waals surface area contributed by atoms with Gasteiger partial charge < -0.3 is 0 Å². The van der Waals surface area contributed by atoms with Crippen LogP contribution in [0.4, 0.5) is 5.69 Å². The van der Waals surface area contributed by atoms with Gasteiger partial charge in [-0.2, -0.15) is 0 Å². The fraction of sp³-hybridized carbons (Fsp3) is 0.200. The zero-order chi connectivity index (χ0) is 13.1. The van der Waals surface area contributed by atoms with Crippen LogP contribution in [0, 0.1) is 10.1 Å². The van der Waals surface area contributed by atoms with Crippen LogP contribution in [0.2, 0.25) is 5.02 Å². The summed E-state index contributed by atoms with van der Waals surface area (Å²) in [5.74, 6) is 0. The van der Waals surface area contributed by atoms with Crippen molar-refractivity contribution >= 4 is 33.2 Å². The van der Waals surface area contributed by atoms with Gasteiger partial charge in [0.1, 0.15) is 5.69 Å². The van der Waals surface area contributed by atoms with E-state index in [2.05, 4.69) is 26.2 Å². The van der Waals surface area contributed by atoms with Crippen LogP contribution >= 0.6 is 27.5 Å². The third-order valence-corrected chi connectivity index (χ3v) is 2.90. The maximum atomic E-state index is 10.9. The highest BCUT2D eigenvalue weighted by atomic mass is 79.9. The van der Waals surface area contributed by atoms with Gasteiger partial charge in [0.25, 0.3) is 5.69 Å². The number of alkyl halides is 1. The van der Waals surface area contributed by atoms with Crippen molar-refractivity contribution in [3.63, 3.8) is 0 Å². The molecule has 0 bridgehead atoms. The Hall–Kier alpha value is -1.47. The predicted octanol–water partition coefficient (Wildman–Crippen LogP) is 2.77. The molecule has 0 amide bonds. The Labute approximate surface area is 116 Å². The zero-order valence-corrected chi connectivity index (χ0v) is 11.4. The fourth-order valence-corrected chi connectivity index (χ4v) is 2.03. The maximum Gasteiger partial charge on any atom is 0.295 e. The first-order chi connectivity index (χ1) is 8.61. The molecule has 18 heavy (non-hydrogen) atoms. The van der Waals surface area contributed by atoms with E-state index in [9.17, 15) is 10.1 Å². The van der Waals surface area contributed by atoms with E-state index in [0.29, 0.717) is 17.1 Å². The average molecular weight is 332 g/mol. The Balaban J connectivity index is 2.47. The van der Waals surface area contributed by atoms with Crippen LogP contribution in [0.15, 0.2) is 24.4 Å². The van der Waals surface area contributed by atoms with Crippen molar-refractivity contribution in [2.24, 2.45) is 0 Å². The molecule has 1 heterocycles. The first-order valence-corrected chi connectivity index (χ1v) is 6.53. The molecule has 0 spiro atoms. The summed E-state index contributed by atoms with van der Waals surface area (Å²) in [5.41, 5.74) is 0.997. The first-order valence-electron chi connectivity index (χ1n) is 5.03. The monoisotopic (exact) mass is 330 g/mol. The molecule has 0 aliphatic heterocycles. The lowest BCUT2D eigenvalue weighted by molar-refractivity contribution is -0.384. The van der Waals surface area contributed by atoms with Crippen molar-refractivity contribution in [2.75, 3.05) is 5.33 Å². The van der Waals surface area contributed by atoms with Crippen LogP contribution in [0.25, 0.3) is 5.69 Å². The first kappa shape index (κ1) is 13.0. The van der Waals surface area contributed by atoms with Crippen LogP contribution in [0.3, 0.4) is 0 Å². The fourth-order valence-electron chi connectivity index (χ4n) is 1.46. The lowest BCUT2D eigenvalue weighted by Crippen LogP contribution is -2.00. The molecule has 0 atom stereocenters. The molecule has 0 saturated heterocycles. The molecule has 0 saturated carbocycles. The van der Waals surface area contributed by atoms with E-state index >= 15 is 0 Å². The number of halogens is 2. The molecule has 2 rings (SSSR count). The Kier molecular flexibility index (Phi) is 3.93. The molecule has 0 aliphatic rings. The molecule has 0 aliphatic carbocycles. The summed E-state index contributed by atoms with van der Waals surface area (Å²) in [5, 5.41) is 19.9. The number of hydrogen-bond donors (Lipinski definition) is 0. The highest BCUT2D eigenvalue weighted by molar-refractivity contribution is 9.09. The number of nitro benzene ring substituents is 1. The second-order valence-corrected chi connectivity index (χ2v) is 4.71. The van der Waals surface area contributed by atoms with E-state index in [4.69, 9.17) is 11.6 Å². The predicted molar refractivity (Wildman–Crippen MR) is 70.5 cm³/mol. The Morgan fingerprint density at radius 3 is 2.94 bits per heavy atom. The van der Waals surface area contributed by atoms with Gasteiger partial charge >= 0.3 is 0 Å². The van der Waals surface area contributed by atoms with Gasteiger partial charge in [-0.3, -0.25) is 10.1 Å². The molecule has 6 nitrogen and oxygen atoms in total. The Morgan fingerprint density at radius 1 is 1.50 bits per heavy atom. The topological polar surface area (TPSA) is 73.8 Å². The second-order valence-electron chi connectivity index (χ2n) is 3.48. The average Bonchev–Trinajstić information content (AvgIpc) is 2.77. The lowest BCUT2D eigenvalue weighted by atomic mass is 10.2. The maximum absolute atomic E-state index is 10.9. The van der Waals surface area contributed by atoms with Gasteiger partial charge in [-0.25, -0.2) is 4.68 Å². The summed E-state index contributed by atoms with van der Waals surface area (Å²) in [4.78, 5) is 10.5. The smallest absolute Gasteiger partial charge is 0.258 e. The van der Waals surface area contributed by atoms with Crippen LogP contribution in [-0.2, 0) is 6.42 Å². The number of aryl methyl sites for hydroxylation is 1. The molecule has 0 radical (unpaired) electrons. The van der Waals surface area contributed by atoms with Crippen LogP contribution in [0.1, 0.15) is 5.69 Å². The Bertz CT molecular complexity index is 587. The molecule has 94 valence electrons. The van der Waals surface area contributed by atoms with E-state index in [1.54, 1.807) is 6.20 Å². The summed E-state index contributed by atoms with van der Waals surface area (Å²) >= 11 is 9.14. The van der Waals surface area contributed by atoms with Gasteiger partial charge in [0.2, 0.25) is 0 Å². The minimum Gasteiger partial charge on any atom is -0.258 e. The van der Waals surface area contributed by atoms with Crippen molar-refractivity contribution in [3.05, 3.63) is 45.2 Å². The number of nitrogens with zero attached hydrogens (tertiary/aromatic N) is 4. The molecular weight excluding hydrogens is 323 g/mol. The van der Waals surface area contributed by atoms with Gasteiger partial charge in [-0.1, -0.05) is 32.7 Å². The van der Waals surface area contributed by atoms with Gasteiger partial charge in [0.05, 0.1) is 16.8 Å². The number of benzene rings is 1. The van der Waals surface area contributed by atoms with Crippen molar-refractivity contribution < 1.29 is 4.92 Å².